The number of benzene rings is 1. The van der Waals surface area contributed by atoms with Crippen LogP contribution in [0.15, 0.2) is 30.3 Å². The lowest BCUT2D eigenvalue weighted by Gasteiger charge is -2.23. The van der Waals surface area contributed by atoms with Crippen LogP contribution in [0.3, 0.4) is 0 Å². The lowest BCUT2D eigenvalue weighted by molar-refractivity contribution is 0.100. The van der Waals surface area contributed by atoms with Gasteiger partial charge in [-0.25, -0.2) is 0 Å². The Bertz CT molecular complexity index is 717. The Hall–Kier alpha value is -1.76. The van der Waals surface area contributed by atoms with Crippen molar-refractivity contribution in [2.24, 2.45) is 0 Å². The summed E-state index contributed by atoms with van der Waals surface area (Å²) in [6, 6.07) is 9.54. The Labute approximate surface area is 148 Å². The number of nitrogens with one attached hydrogen (secondary N) is 2. The van der Waals surface area contributed by atoms with Crippen LogP contribution in [0.4, 0.5) is 0 Å². The van der Waals surface area contributed by atoms with E-state index in [0.29, 0.717) is 16.9 Å². The summed E-state index contributed by atoms with van der Waals surface area (Å²) in [6.45, 7) is 8.88. The van der Waals surface area contributed by atoms with Gasteiger partial charge in [0.05, 0.1) is 5.69 Å². The van der Waals surface area contributed by atoms with Gasteiger partial charge in [-0.2, -0.15) is 5.10 Å². The zero-order valence-corrected chi connectivity index (χ0v) is 15.4. The van der Waals surface area contributed by atoms with E-state index >= 15 is 0 Å². The summed E-state index contributed by atoms with van der Waals surface area (Å²) >= 11 is 5.04. The molecule has 0 aliphatic heterocycles. The van der Waals surface area contributed by atoms with Gasteiger partial charge < -0.3 is 15.2 Å². The Morgan fingerprint density at radius 3 is 2.67 bits per heavy atom. The average molecular weight is 347 g/mol. The molecular weight excluding hydrogens is 322 g/mol. The minimum atomic E-state index is -0.590. The molecule has 1 aromatic carbocycles. The highest BCUT2D eigenvalue weighted by Gasteiger charge is 2.14. The third-order valence-electron chi connectivity index (χ3n) is 3.39. The summed E-state index contributed by atoms with van der Waals surface area (Å²) in [5.74, 6) is 0.688. The molecule has 1 heterocycles. The largest absolute Gasteiger partial charge is 0.490 e. The molecule has 0 bridgehead atoms. The van der Waals surface area contributed by atoms with Crippen molar-refractivity contribution in [1.82, 2.24) is 15.5 Å². The summed E-state index contributed by atoms with van der Waals surface area (Å²) in [5.41, 5.74) is 2.69. The molecule has 5 nitrogen and oxygen atoms in total. The molecule has 1 aromatic heterocycles. The average Bonchev–Trinajstić information content (AvgIpc) is 2.52. The normalized spacial score (nSPS) is 12.9. The predicted octanol–water partition coefficient (Wildman–Crippen LogP) is 3.24. The van der Waals surface area contributed by atoms with Gasteiger partial charge in [0.1, 0.15) is 23.1 Å². The first kappa shape index (κ1) is 18.6. The molecule has 130 valence electrons. The number of rotatable bonds is 6. The third kappa shape index (κ3) is 5.70. The summed E-state index contributed by atoms with van der Waals surface area (Å²) in [4.78, 5) is 0. The Morgan fingerprint density at radius 2 is 2.04 bits per heavy atom. The molecule has 1 unspecified atom stereocenters. The van der Waals surface area contributed by atoms with Crippen LogP contribution >= 0.6 is 12.2 Å². The van der Waals surface area contributed by atoms with Crippen molar-refractivity contribution in [2.45, 2.75) is 39.3 Å². The highest BCUT2D eigenvalue weighted by atomic mass is 32.1. The number of aryl methyl sites for hydroxylation is 1. The first-order valence-electron chi connectivity index (χ1n) is 7.97. The van der Waals surface area contributed by atoms with Gasteiger partial charge in [-0.3, -0.25) is 5.10 Å². The number of H-pyrrole nitrogens is 1. The maximum atomic E-state index is 10.1. The van der Waals surface area contributed by atoms with Gasteiger partial charge in [0.15, 0.2) is 0 Å². The van der Waals surface area contributed by atoms with Crippen LogP contribution in [0.2, 0.25) is 0 Å². The zero-order valence-electron chi connectivity index (χ0n) is 14.6. The molecule has 3 N–H and O–H groups in total. The van der Waals surface area contributed by atoms with Crippen LogP contribution in [0.1, 0.15) is 26.3 Å². The van der Waals surface area contributed by atoms with Crippen molar-refractivity contribution in [3.8, 4) is 17.0 Å². The maximum Gasteiger partial charge on any atom is 0.128 e. The molecule has 0 saturated heterocycles. The van der Waals surface area contributed by atoms with Gasteiger partial charge in [0, 0.05) is 17.6 Å². The zero-order chi connectivity index (χ0) is 17.7. The van der Waals surface area contributed by atoms with E-state index in [4.69, 9.17) is 17.0 Å². The van der Waals surface area contributed by atoms with Crippen LogP contribution in [-0.4, -0.2) is 40.1 Å². The molecule has 0 fully saturated rings. The van der Waals surface area contributed by atoms with E-state index < -0.39 is 6.10 Å². The van der Waals surface area contributed by atoms with Gasteiger partial charge in [-0.1, -0.05) is 23.8 Å². The molecule has 0 aliphatic rings. The van der Waals surface area contributed by atoms with Gasteiger partial charge in [0.25, 0.3) is 0 Å². The number of β-amino-alcohol motifs (C(OH)–C–C–N with tert-alkyl or cyclic N) is 1. The smallest absolute Gasteiger partial charge is 0.128 e. The number of hydrogen-bond acceptors (Lipinski definition) is 5. The Balaban J connectivity index is 2.10. The standard InChI is InChI=1S/C18H25N3O2S/c1-12-5-7-16(23-11-13(22)10-19-18(2,3)4)14(9-12)15-6-8-17(24)21-20-15/h5-9,13,19,22H,10-11H2,1-4H3,(H,21,24). The minimum absolute atomic E-state index is 0.0400. The number of aliphatic hydroxyl groups is 1. The van der Waals surface area contributed by atoms with Gasteiger partial charge in [0.2, 0.25) is 0 Å². The van der Waals surface area contributed by atoms with E-state index in [0.717, 1.165) is 16.8 Å². The quantitative estimate of drug-likeness (QED) is 0.700. The number of hydrogen-bond donors (Lipinski definition) is 3. The third-order valence-corrected chi connectivity index (χ3v) is 3.62. The molecule has 24 heavy (non-hydrogen) atoms. The summed E-state index contributed by atoms with van der Waals surface area (Å²) in [6.07, 6.45) is -0.590. The van der Waals surface area contributed by atoms with E-state index in [9.17, 15) is 5.11 Å². The molecule has 0 spiro atoms. The number of aromatic amines is 1. The van der Waals surface area contributed by atoms with Crippen molar-refractivity contribution < 1.29 is 9.84 Å². The fourth-order valence-corrected chi connectivity index (χ4v) is 2.25. The van der Waals surface area contributed by atoms with Crippen LogP contribution in [0.5, 0.6) is 5.75 Å². The molecule has 0 aliphatic carbocycles. The van der Waals surface area contributed by atoms with E-state index in [1.807, 2.05) is 31.2 Å². The van der Waals surface area contributed by atoms with E-state index in [-0.39, 0.29) is 12.1 Å². The van der Waals surface area contributed by atoms with Crippen molar-refractivity contribution in [3.05, 3.63) is 40.5 Å². The lowest BCUT2D eigenvalue weighted by atomic mass is 10.1. The SMILES string of the molecule is Cc1ccc(OCC(O)CNC(C)(C)C)c(-c2ccc(=S)[nH]n2)c1. The monoisotopic (exact) mass is 347 g/mol. The number of aliphatic hydroxyl groups excluding tert-OH is 1. The fraction of sp³-hybridized carbons (Fsp3) is 0.444. The van der Waals surface area contributed by atoms with Crippen LogP contribution in [0, 0.1) is 11.6 Å². The number of ether oxygens (including phenoxy) is 1. The van der Waals surface area contributed by atoms with Crippen LogP contribution in [-0.2, 0) is 0 Å². The van der Waals surface area contributed by atoms with Crippen LogP contribution < -0.4 is 10.1 Å². The number of nitrogens with zero attached hydrogens (tertiary/aromatic N) is 1. The molecule has 0 amide bonds. The highest BCUT2D eigenvalue weighted by Crippen LogP contribution is 2.29. The van der Waals surface area contributed by atoms with Gasteiger partial charge in [-0.15, -0.1) is 0 Å². The second kappa shape index (κ2) is 7.88. The second-order valence-electron chi connectivity index (χ2n) is 6.90. The van der Waals surface area contributed by atoms with Crippen LogP contribution in [0.25, 0.3) is 11.3 Å². The molecule has 0 saturated carbocycles. The topological polar surface area (TPSA) is 70.2 Å². The van der Waals surface area contributed by atoms with Crippen molar-refractivity contribution in [3.63, 3.8) is 0 Å². The second-order valence-corrected chi connectivity index (χ2v) is 7.34. The summed E-state index contributed by atoms with van der Waals surface area (Å²) in [7, 11) is 0. The maximum absolute atomic E-state index is 10.1. The molecule has 2 aromatic rings. The first-order chi connectivity index (χ1) is 11.2. The van der Waals surface area contributed by atoms with Gasteiger partial charge >= 0.3 is 0 Å². The van der Waals surface area contributed by atoms with Crippen molar-refractivity contribution in [2.75, 3.05) is 13.2 Å². The lowest BCUT2D eigenvalue weighted by Crippen LogP contribution is -2.42. The predicted molar refractivity (Wildman–Crippen MR) is 98.9 cm³/mol. The van der Waals surface area contributed by atoms with Crippen molar-refractivity contribution in [1.29, 1.82) is 0 Å². The number of aromatic nitrogens is 2. The summed E-state index contributed by atoms with van der Waals surface area (Å²) < 4.78 is 6.41. The minimum Gasteiger partial charge on any atom is -0.490 e. The van der Waals surface area contributed by atoms with Crippen molar-refractivity contribution >= 4 is 12.2 Å². The summed E-state index contributed by atoms with van der Waals surface area (Å²) in [5, 5.41) is 20.4. The Kier molecular flexibility index (Phi) is 6.10. The molecule has 2 rings (SSSR count). The molecule has 6 heteroatoms. The molecule has 1 atom stereocenters. The van der Waals surface area contributed by atoms with E-state index in [2.05, 4.69) is 36.3 Å². The molecular formula is C18H25N3O2S. The van der Waals surface area contributed by atoms with E-state index in [1.165, 1.54) is 0 Å². The molecule has 0 radical (unpaired) electrons. The van der Waals surface area contributed by atoms with E-state index in [1.54, 1.807) is 6.07 Å². The fourth-order valence-electron chi connectivity index (χ4n) is 2.13. The Morgan fingerprint density at radius 1 is 1.29 bits per heavy atom. The van der Waals surface area contributed by atoms with Gasteiger partial charge in [-0.05, 0) is 52.0 Å². The highest BCUT2D eigenvalue weighted by molar-refractivity contribution is 7.71. The first-order valence-corrected chi connectivity index (χ1v) is 8.38.